The molecular formula is C19H17NOS. The van der Waals surface area contributed by atoms with Gasteiger partial charge in [-0.1, -0.05) is 48.5 Å². The van der Waals surface area contributed by atoms with E-state index in [0.29, 0.717) is 11.3 Å². The third-order valence-corrected chi connectivity index (χ3v) is 5.66. The summed E-state index contributed by atoms with van der Waals surface area (Å²) >= 11 is 0. The van der Waals surface area contributed by atoms with Crippen LogP contribution in [0.15, 0.2) is 94.7 Å². The zero-order valence-corrected chi connectivity index (χ0v) is 12.9. The Bertz CT molecular complexity index is 732. The van der Waals surface area contributed by atoms with Crippen LogP contribution < -0.4 is 5.73 Å². The number of thiol groups is 1. The fourth-order valence-electron chi connectivity index (χ4n) is 2.34. The Morgan fingerprint density at radius 2 is 1.27 bits per heavy atom. The van der Waals surface area contributed by atoms with Crippen LogP contribution in [0.4, 0.5) is 5.69 Å². The van der Waals surface area contributed by atoms with Gasteiger partial charge >= 0.3 is 0 Å². The van der Waals surface area contributed by atoms with Gasteiger partial charge in [0, 0.05) is 11.3 Å². The molecule has 0 aliphatic rings. The molecule has 0 saturated carbocycles. The summed E-state index contributed by atoms with van der Waals surface area (Å²) in [5.74, 6) is 0. The van der Waals surface area contributed by atoms with Gasteiger partial charge in [0.05, 0.1) is 0 Å². The second kappa shape index (κ2) is 6.50. The molecule has 2 nitrogen and oxygen atoms in total. The molecule has 0 saturated heterocycles. The quantitative estimate of drug-likeness (QED) is 0.551. The van der Waals surface area contributed by atoms with Crippen LogP contribution >= 0.6 is 10.9 Å². The summed E-state index contributed by atoms with van der Waals surface area (Å²) < 4.78 is 0. The van der Waals surface area contributed by atoms with E-state index >= 15 is 0 Å². The summed E-state index contributed by atoms with van der Waals surface area (Å²) in [4.78, 5) is 15.2. The lowest BCUT2D eigenvalue weighted by atomic mass is 10.2. The molecule has 0 bridgehead atoms. The largest absolute Gasteiger partial charge is 0.399 e. The van der Waals surface area contributed by atoms with Crippen molar-refractivity contribution < 1.29 is 4.79 Å². The molecule has 0 aliphatic heterocycles. The topological polar surface area (TPSA) is 43.1 Å². The van der Waals surface area contributed by atoms with E-state index in [0.717, 1.165) is 9.79 Å². The van der Waals surface area contributed by atoms with Crippen LogP contribution in [-0.4, -0.2) is 5.12 Å². The molecule has 3 rings (SSSR count). The van der Waals surface area contributed by atoms with Gasteiger partial charge in [-0.15, -0.1) is 10.9 Å². The van der Waals surface area contributed by atoms with Gasteiger partial charge in [-0.2, -0.15) is 0 Å². The Morgan fingerprint density at radius 3 is 1.77 bits per heavy atom. The van der Waals surface area contributed by atoms with E-state index in [-0.39, 0.29) is 5.12 Å². The molecule has 110 valence electrons. The van der Waals surface area contributed by atoms with Crippen molar-refractivity contribution in [1.82, 2.24) is 0 Å². The van der Waals surface area contributed by atoms with Crippen LogP contribution in [0.3, 0.4) is 0 Å². The highest BCUT2D eigenvalue weighted by Crippen LogP contribution is 2.46. The molecule has 3 aromatic rings. The lowest BCUT2D eigenvalue weighted by molar-refractivity contribution is 0.108. The average Bonchev–Trinajstić information content (AvgIpc) is 2.57. The maximum absolute atomic E-state index is 13.1. The van der Waals surface area contributed by atoms with Gasteiger partial charge in [0.15, 0.2) is 0 Å². The van der Waals surface area contributed by atoms with Crippen LogP contribution in [0, 0.1) is 0 Å². The molecule has 0 spiro atoms. The van der Waals surface area contributed by atoms with E-state index in [4.69, 9.17) is 5.73 Å². The van der Waals surface area contributed by atoms with Gasteiger partial charge < -0.3 is 5.73 Å². The number of nitrogens with two attached hydrogens (primary N) is 1. The van der Waals surface area contributed by atoms with E-state index in [1.807, 2.05) is 72.8 Å². The Hall–Kier alpha value is -2.52. The van der Waals surface area contributed by atoms with Gasteiger partial charge in [0.2, 0.25) is 5.12 Å². The molecule has 22 heavy (non-hydrogen) atoms. The lowest BCUT2D eigenvalue weighted by Gasteiger charge is -2.21. The third-order valence-electron chi connectivity index (χ3n) is 3.37. The second-order valence-corrected chi connectivity index (χ2v) is 7.05. The van der Waals surface area contributed by atoms with Gasteiger partial charge in [-0.3, -0.25) is 4.79 Å². The fraction of sp³-hybridized carbons (Fsp3) is 0. The van der Waals surface area contributed by atoms with Crippen LogP contribution in [-0.2, 0) is 0 Å². The zero-order chi connectivity index (χ0) is 15.4. The number of nitrogen functional groups attached to an aromatic ring is 1. The molecule has 0 radical (unpaired) electrons. The number of benzene rings is 3. The maximum atomic E-state index is 13.1. The highest BCUT2D eigenvalue weighted by molar-refractivity contribution is 8.30. The summed E-state index contributed by atoms with van der Waals surface area (Å²) in [7, 11) is -1.10. The van der Waals surface area contributed by atoms with Crippen molar-refractivity contribution in [3.05, 3.63) is 90.5 Å². The fourth-order valence-corrected chi connectivity index (χ4v) is 4.44. The monoisotopic (exact) mass is 307 g/mol. The minimum Gasteiger partial charge on any atom is -0.399 e. The molecule has 0 atom stereocenters. The van der Waals surface area contributed by atoms with Crippen LogP contribution in [0.25, 0.3) is 0 Å². The number of hydrogen-bond donors (Lipinski definition) is 2. The summed E-state index contributed by atoms with van der Waals surface area (Å²) in [5.41, 5.74) is 7.11. The number of rotatable bonds is 3. The van der Waals surface area contributed by atoms with E-state index in [1.165, 1.54) is 0 Å². The van der Waals surface area contributed by atoms with Crippen LogP contribution in [0.2, 0.25) is 0 Å². The second-order valence-electron chi connectivity index (χ2n) is 4.94. The summed E-state index contributed by atoms with van der Waals surface area (Å²) in [6, 6.07) is 27.1. The first-order valence-corrected chi connectivity index (χ1v) is 8.40. The molecule has 0 aliphatic carbocycles. The predicted molar refractivity (Wildman–Crippen MR) is 93.6 cm³/mol. The van der Waals surface area contributed by atoms with Crippen LogP contribution in [0.1, 0.15) is 10.4 Å². The number of carbonyl (C=O) groups excluding carboxylic acids is 1. The highest BCUT2D eigenvalue weighted by atomic mass is 32.2. The number of hydrogen-bond acceptors (Lipinski definition) is 2. The first-order chi connectivity index (χ1) is 10.8. The Labute approximate surface area is 133 Å². The van der Waals surface area contributed by atoms with E-state index in [2.05, 4.69) is 0 Å². The minimum absolute atomic E-state index is 0.125. The van der Waals surface area contributed by atoms with Crippen LogP contribution in [0.5, 0.6) is 0 Å². The number of carbonyl (C=O) groups is 1. The minimum atomic E-state index is -1.10. The summed E-state index contributed by atoms with van der Waals surface area (Å²) in [5, 5.41) is 0.125. The molecule has 0 amide bonds. The molecule has 2 N–H and O–H groups in total. The third kappa shape index (κ3) is 3.05. The van der Waals surface area contributed by atoms with E-state index < -0.39 is 10.9 Å². The van der Waals surface area contributed by atoms with E-state index in [9.17, 15) is 4.79 Å². The smallest absolute Gasteiger partial charge is 0.207 e. The predicted octanol–water partition coefficient (Wildman–Crippen LogP) is 4.53. The Balaban J connectivity index is 2.08. The molecule has 0 aromatic heterocycles. The standard InChI is InChI=1S/C19H17NOS/c20-16-9-7-8-15(14-16)19(21)22(17-10-3-1-4-11-17)18-12-5-2-6-13-18/h1-14,22H,20H2. The Morgan fingerprint density at radius 1 is 0.727 bits per heavy atom. The van der Waals surface area contributed by atoms with Gasteiger partial charge in [0.25, 0.3) is 0 Å². The van der Waals surface area contributed by atoms with Crippen molar-refractivity contribution in [3.8, 4) is 0 Å². The summed E-state index contributed by atoms with van der Waals surface area (Å²) in [6.45, 7) is 0. The summed E-state index contributed by atoms with van der Waals surface area (Å²) in [6.07, 6.45) is 0. The SMILES string of the molecule is Nc1cccc(C(=O)[SH](c2ccccc2)c2ccccc2)c1. The maximum Gasteiger partial charge on any atom is 0.207 e. The van der Waals surface area contributed by atoms with Crippen molar-refractivity contribution in [2.24, 2.45) is 0 Å². The van der Waals surface area contributed by atoms with E-state index in [1.54, 1.807) is 12.1 Å². The van der Waals surface area contributed by atoms with Crippen molar-refractivity contribution in [2.75, 3.05) is 5.73 Å². The molecule has 0 heterocycles. The van der Waals surface area contributed by atoms with Crippen molar-refractivity contribution in [1.29, 1.82) is 0 Å². The zero-order valence-electron chi connectivity index (χ0n) is 12.0. The first kappa shape index (κ1) is 14.4. The van der Waals surface area contributed by atoms with Gasteiger partial charge in [-0.05, 0) is 46.2 Å². The van der Waals surface area contributed by atoms with Crippen molar-refractivity contribution >= 4 is 21.7 Å². The lowest BCUT2D eigenvalue weighted by Crippen LogP contribution is -2.03. The Kier molecular flexibility index (Phi) is 4.26. The van der Waals surface area contributed by atoms with Crippen molar-refractivity contribution in [2.45, 2.75) is 9.79 Å². The van der Waals surface area contributed by atoms with Gasteiger partial charge in [-0.25, -0.2) is 0 Å². The van der Waals surface area contributed by atoms with Gasteiger partial charge in [0.1, 0.15) is 0 Å². The van der Waals surface area contributed by atoms with Crippen molar-refractivity contribution in [3.63, 3.8) is 0 Å². The molecular weight excluding hydrogens is 290 g/mol. The molecule has 0 unspecified atom stereocenters. The normalized spacial score (nSPS) is 11.0. The highest BCUT2D eigenvalue weighted by Gasteiger charge is 2.20. The molecule has 3 aromatic carbocycles. The first-order valence-electron chi connectivity index (χ1n) is 7.06. The molecule has 3 heteroatoms. The molecule has 0 fully saturated rings. The average molecular weight is 307 g/mol. The number of anilines is 1.